The SMILES string of the molecule is C[C@H](N)[C@H]1CCCCN1C(=O)c1ccc(Cl)o1. The highest BCUT2D eigenvalue weighted by Gasteiger charge is 2.31. The van der Waals surface area contributed by atoms with Crippen molar-refractivity contribution < 1.29 is 9.21 Å². The molecule has 0 radical (unpaired) electrons. The maximum Gasteiger partial charge on any atom is 0.289 e. The van der Waals surface area contributed by atoms with Gasteiger partial charge in [0.05, 0.1) is 0 Å². The van der Waals surface area contributed by atoms with Gasteiger partial charge in [-0.25, -0.2) is 0 Å². The molecule has 2 heterocycles. The van der Waals surface area contributed by atoms with Crippen molar-refractivity contribution in [2.24, 2.45) is 5.73 Å². The Morgan fingerprint density at radius 3 is 2.94 bits per heavy atom. The van der Waals surface area contributed by atoms with Crippen molar-refractivity contribution in [3.8, 4) is 0 Å². The van der Waals surface area contributed by atoms with Gasteiger partial charge in [-0.2, -0.15) is 0 Å². The highest BCUT2D eigenvalue weighted by molar-refractivity contribution is 6.29. The smallest absolute Gasteiger partial charge is 0.289 e. The predicted octanol–water partition coefficient (Wildman–Crippen LogP) is 2.27. The summed E-state index contributed by atoms with van der Waals surface area (Å²) < 4.78 is 5.16. The van der Waals surface area contributed by atoms with E-state index in [0.29, 0.717) is 5.76 Å². The van der Waals surface area contributed by atoms with Crippen LogP contribution in [0.1, 0.15) is 36.7 Å². The molecule has 0 unspecified atom stereocenters. The first-order valence-corrected chi connectivity index (χ1v) is 6.29. The molecule has 1 amide bonds. The van der Waals surface area contributed by atoms with Crippen LogP contribution in [0.25, 0.3) is 0 Å². The minimum absolute atomic E-state index is 0.0234. The molecule has 0 saturated carbocycles. The summed E-state index contributed by atoms with van der Waals surface area (Å²) in [4.78, 5) is 14.1. The summed E-state index contributed by atoms with van der Waals surface area (Å²) in [6.07, 6.45) is 3.09. The van der Waals surface area contributed by atoms with Crippen molar-refractivity contribution in [1.29, 1.82) is 0 Å². The highest BCUT2D eigenvalue weighted by atomic mass is 35.5. The third kappa shape index (κ3) is 2.64. The lowest BCUT2D eigenvalue weighted by molar-refractivity contribution is 0.0552. The number of carbonyl (C=O) groups is 1. The minimum Gasteiger partial charge on any atom is -0.440 e. The van der Waals surface area contributed by atoms with Crippen LogP contribution in [-0.4, -0.2) is 29.4 Å². The van der Waals surface area contributed by atoms with E-state index >= 15 is 0 Å². The first-order chi connectivity index (χ1) is 8.09. The zero-order valence-electron chi connectivity index (χ0n) is 9.86. The second-order valence-electron chi connectivity index (χ2n) is 4.52. The van der Waals surface area contributed by atoms with Crippen LogP contribution >= 0.6 is 11.6 Å². The van der Waals surface area contributed by atoms with E-state index in [2.05, 4.69) is 0 Å². The van der Waals surface area contributed by atoms with Gasteiger partial charge in [-0.05, 0) is 49.9 Å². The fourth-order valence-electron chi connectivity index (χ4n) is 2.33. The Bertz CT molecular complexity index is 403. The standard InChI is InChI=1S/C12H17ClN2O2/c1-8(14)9-4-2-3-7-15(9)12(16)10-5-6-11(13)17-10/h5-6,8-9H,2-4,7,14H2,1H3/t8-,9+/m0/s1. The summed E-state index contributed by atoms with van der Waals surface area (Å²) in [5, 5.41) is 0.239. The molecule has 17 heavy (non-hydrogen) atoms. The van der Waals surface area contributed by atoms with Crippen LogP contribution in [0, 0.1) is 0 Å². The molecule has 0 bridgehead atoms. The normalized spacial score (nSPS) is 22.5. The molecule has 5 heteroatoms. The van der Waals surface area contributed by atoms with Gasteiger partial charge in [0.1, 0.15) is 0 Å². The molecule has 94 valence electrons. The van der Waals surface area contributed by atoms with Crippen LogP contribution in [0.15, 0.2) is 16.5 Å². The summed E-state index contributed by atoms with van der Waals surface area (Å²) in [6.45, 7) is 2.68. The lowest BCUT2D eigenvalue weighted by atomic mass is 9.96. The van der Waals surface area contributed by atoms with E-state index in [1.807, 2.05) is 11.8 Å². The molecule has 1 aromatic rings. The quantitative estimate of drug-likeness (QED) is 0.883. The average Bonchev–Trinajstić information content (AvgIpc) is 2.75. The second kappa shape index (κ2) is 5.10. The Labute approximate surface area is 106 Å². The second-order valence-corrected chi connectivity index (χ2v) is 4.90. The Morgan fingerprint density at radius 1 is 1.59 bits per heavy atom. The molecular weight excluding hydrogens is 240 g/mol. The number of halogens is 1. The number of hydrogen-bond donors (Lipinski definition) is 1. The average molecular weight is 257 g/mol. The van der Waals surface area contributed by atoms with Gasteiger partial charge in [0.15, 0.2) is 11.0 Å². The van der Waals surface area contributed by atoms with E-state index in [1.165, 1.54) is 0 Å². The molecule has 2 atom stereocenters. The van der Waals surface area contributed by atoms with E-state index in [0.717, 1.165) is 25.8 Å². The summed E-state index contributed by atoms with van der Waals surface area (Å²) >= 11 is 5.68. The topological polar surface area (TPSA) is 59.5 Å². The fraction of sp³-hybridized carbons (Fsp3) is 0.583. The van der Waals surface area contributed by atoms with Crippen molar-refractivity contribution in [3.63, 3.8) is 0 Å². The highest BCUT2D eigenvalue weighted by Crippen LogP contribution is 2.23. The lowest BCUT2D eigenvalue weighted by Gasteiger charge is -2.37. The van der Waals surface area contributed by atoms with Crippen LogP contribution in [0.5, 0.6) is 0 Å². The zero-order valence-corrected chi connectivity index (χ0v) is 10.6. The number of likely N-dealkylation sites (tertiary alicyclic amines) is 1. The van der Waals surface area contributed by atoms with E-state index in [9.17, 15) is 4.79 Å². The van der Waals surface area contributed by atoms with E-state index in [-0.39, 0.29) is 23.2 Å². The maximum absolute atomic E-state index is 12.2. The summed E-state index contributed by atoms with van der Waals surface area (Å²) in [6, 6.07) is 3.27. The molecule has 1 aromatic heterocycles. The summed E-state index contributed by atoms with van der Waals surface area (Å²) in [7, 11) is 0. The van der Waals surface area contributed by atoms with Gasteiger partial charge in [-0.15, -0.1) is 0 Å². The third-order valence-electron chi connectivity index (χ3n) is 3.20. The summed E-state index contributed by atoms with van der Waals surface area (Å²) in [5.74, 6) is 0.182. The van der Waals surface area contributed by atoms with E-state index in [1.54, 1.807) is 12.1 Å². The van der Waals surface area contributed by atoms with Crippen LogP contribution < -0.4 is 5.73 Å². The maximum atomic E-state index is 12.2. The molecule has 1 aliphatic rings. The number of nitrogens with zero attached hydrogens (tertiary/aromatic N) is 1. The molecule has 0 aliphatic carbocycles. The van der Waals surface area contributed by atoms with Crippen LogP contribution in [-0.2, 0) is 0 Å². The van der Waals surface area contributed by atoms with Gasteiger partial charge in [-0.3, -0.25) is 4.79 Å². The molecule has 2 N–H and O–H groups in total. The Balaban J connectivity index is 2.16. The van der Waals surface area contributed by atoms with Crippen LogP contribution in [0.4, 0.5) is 0 Å². The Morgan fingerprint density at radius 2 is 2.35 bits per heavy atom. The van der Waals surface area contributed by atoms with Gasteiger partial charge < -0.3 is 15.1 Å². The number of furan rings is 1. The first-order valence-electron chi connectivity index (χ1n) is 5.91. The van der Waals surface area contributed by atoms with Crippen LogP contribution in [0.3, 0.4) is 0 Å². The molecular formula is C12H17ClN2O2. The number of amides is 1. The summed E-state index contributed by atoms with van der Waals surface area (Å²) in [5.41, 5.74) is 5.93. The van der Waals surface area contributed by atoms with Crippen molar-refractivity contribution >= 4 is 17.5 Å². The van der Waals surface area contributed by atoms with Crippen molar-refractivity contribution in [1.82, 2.24) is 4.90 Å². The molecule has 0 spiro atoms. The minimum atomic E-state index is -0.112. The van der Waals surface area contributed by atoms with Gasteiger partial charge in [0.25, 0.3) is 5.91 Å². The monoisotopic (exact) mass is 256 g/mol. The molecule has 0 aromatic carbocycles. The number of nitrogens with two attached hydrogens (primary N) is 1. The van der Waals surface area contributed by atoms with Gasteiger partial charge in [-0.1, -0.05) is 0 Å². The predicted molar refractivity (Wildman–Crippen MR) is 66.0 cm³/mol. The van der Waals surface area contributed by atoms with E-state index < -0.39 is 0 Å². The van der Waals surface area contributed by atoms with E-state index in [4.69, 9.17) is 21.8 Å². The first kappa shape index (κ1) is 12.5. The number of rotatable bonds is 2. The third-order valence-corrected chi connectivity index (χ3v) is 3.40. The van der Waals surface area contributed by atoms with Gasteiger partial charge >= 0.3 is 0 Å². The Kier molecular flexibility index (Phi) is 3.74. The van der Waals surface area contributed by atoms with Crippen LogP contribution in [0.2, 0.25) is 5.22 Å². The van der Waals surface area contributed by atoms with Crippen molar-refractivity contribution in [2.75, 3.05) is 6.54 Å². The molecule has 1 aliphatic heterocycles. The molecule has 1 fully saturated rings. The fourth-order valence-corrected chi connectivity index (χ4v) is 2.47. The van der Waals surface area contributed by atoms with Gasteiger partial charge in [0, 0.05) is 18.6 Å². The molecule has 4 nitrogen and oxygen atoms in total. The number of piperidine rings is 1. The Hall–Kier alpha value is -1.00. The van der Waals surface area contributed by atoms with Gasteiger partial charge in [0.2, 0.25) is 0 Å². The molecule has 1 saturated heterocycles. The van der Waals surface area contributed by atoms with Crippen molar-refractivity contribution in [2.45, 2.75) is 38.3 Å². The zero-order chi connectivity index (χ0) is 12.4. The largest absolute Gasteiger partial charge is 0.440 e. The number of carbonyl (C=O) groups excluding carboxylic acids is 1. The lowest BCUT2D eigenvalue weighted by Crippen LogP contribution is -2.51. The molecule has 2 rings (SSSR count). The number of hydrogen-bond acceptors (Lipinski definition) is 3. The van der Waals surface area contributed by atoms with Crippen molar-refractivity contribution in [3.05, 3.63) is 23.1 Å².